The van der Waals surface area contributed by atoms with Gasteiger partial charge in [0, 0.05) is 6.07 Å². The maximum Gasteiger partial charge on any atom is 0.418 e. The molecule has 0 amide bonds. The van der Waals surface area contributed by atoms with Crippen LogP contribution in [0.4, 0.5) is 30.2 Å². The Kier molecular flexibility index (Phi) is 6.50. The van der Waals surface area contributed by atoms with Gasteiger partial charge < -0.3 is 10.5 Å². The number of ether oxygens (including phenoxy) is 1. The molecule has 13 nitrogen and oxygen atoms in total. The molecule has 1 unspecified atom stereocenters. The predicted octanol–water partition coefficient (Wildman–Crippen LogP) is 3.09. The van der Waals surface area contributed by atoms with Gasteiger partial charge in [0.2, 0.25) is 11.5 Å². The first-order valence-corrected chi connectivity index (χ1v) is 9.25. The third-order valence-corrected chi connectivity index (χ3v) is 4.96. The molecule has 2 rings (SSSR count). The molecule has 2 N–H and O–H groups in total. The smallest absolute Gasteiger partial charge is 0.418 e. The molecule has 0 saturated heterocycles. The number of hydrogen-bond donors (Lipinski definition) is 1. The summed E-state index contributed by atoms with van der Waals surface area (Å²) in [7, 11) is 0.894. The summed E-state index contributed by atoms with van der Waals surface area (Å²) < 4.78 is 44.8. The monoisotopic (exact) mass is 486 g/mol. The van der Waals surface area contributed by atoms with Gasteiger partial charge in [0.25, 0.3) is 5.88 Å². The van der Waals surface area contributed by atoms with Crippen LogP contribution in [0.25, 0.3) is 0 Å². The van der Waals surface area contributed by atoms with Crippen LogP contribution in [-0.2, 0) is 10.9 Å². The molecule has 1 aromatic rings. The number of amidine groups is 1. The van der Waals surface area contributed by atoms with Crippen LogP contribution in [0.2, 0.25) is 5.02 Å². The van der Waals surface area contributed by atoms with Crippen LogP contribution in [0.3, 0.4) is 0 Å². The first-order chi connectivity index (χ1) is 14.3. The number of hydrogen-bond acceptors (Lipinski definition) is 11. The van der Waals surface area contributed by atoms with E-state index >= 15 is 0 Å². The van der Waals surface area contributed by atoms with Crippen LogP contribution in [0, 0.1) is 30.3 Å². The Morgan fingerprint density at radius 2 is 1.81 bits per heavy atom. The largest absolute Gasteiger partial charge is 0.477 e. The summed E-state index contributed by atoms with van der Waals surface area (Å²) in [5, 5.41) is 33.2. The highest BCUT2D eigenvalue weighted by molar-refractivity contribution is 7.99. The Bertz CT molecular complexity index is 1050. The second kappa shape index (κ2) is 8.42. The van der Waals surface area contributed by atoms with Gasteiger partial charge in [0.1, 0.15) is 5.02 Å². The number of benzene rings is 1. The van der Waals surface area contributed by atoms with E-state index in [-0.39, 0.29) is 6.07 Å². The fraction of sp³-hybridized carbons (Fsp3) is 0.308. The van der Waals surface area contributed by atoms with Gasteiger partial charge in [0.05, 0.1) is 27.4 Å². The number of rotatable bonds is 6. The summed E-state index contributed by atoms with van der Waals surface area (Å²) in [6, 6.07) is -0.0111. The average molecular weight is 487 g/mol. The number of nitro benzene ring substituents is 2. The van der Waals surface area contributed by atoms with E-state index in [9.17, 15) is 43.5 Å². The van der Waals surface area contributed by atoms with Crippen LogP contribution in [0.1, 0.15) is 5.56 Å². The van der Waals surface area contributed by atoms with E-state index in [0.717, 1.165) is 18.9 Å². The summed E-state index contributed by atoms with van der Waals surface area (Å²) in [5.41, 5.74) is -2.73. The standard InChI is InChI=1S/C13H10ClF3N6O7S/c1-30-11-9(23(28)29)10(18)19-12(31-2)20(11)7-5(21(24)25)3-4(13(15,16)17)6(14)8(7)22(26)27/h3,12H,1-2H3,(H2,18,19). The summed E-state index contributed by atoms with van der Waals surface area (Å²) in [4.78, 5) is 35.2. The molecular weight excluding hydrogens is 477 g/mol. The van der Waals surface area contributed by atoms with Gasteiger partial charge in [0.15, 0.2) is 5.50 Å². The highest BCUT2D eigenvalue weighted by Crippen LogP contribution is 2.51. The van der Waals surface area contributed by atoms with Crippen molar-refractivity contribution in [3.63, 3.8) is 0 Å². The Morgan fingerprint density at radius 3 is 2.19 bits per heavy atom. The van der Waals surface area contributed by atoms with Crippen molar-refractivity contribution in [2.75, 3.05) is 18.3 Å². The van der Waals surface area contributed by atoms with Crippen molar-refractivity contribution in [2.24, 2.45) is 10.7 Å². The quantitative estimate of drug-likeness (QED) is 0.463. The topological polar surface area (TPSA) is 180 Å². The number of thioether (sulfide) groups is 1. The molecule has 1 heterocycles. The first kappa shape index (κ1) is 23.9. The van der Waals surface area contributed by atoms with Crippen LogP contribution in [0.5, 0.6) is 0 Å². The number of anilines is 1. The lowest BCUT2D eigenvalue weighted by atomic mass is 10.1. The molecule has 1 aliphatic heterocycles. The summed E-state index contributed by atoms with van der Waals surface area (Å²) >= 11 is 6.38. The van der Waals surface area contributed by atoms with Gasteiger partial charge >= 0.3 is 23.2 Å². The molecule has 1 aromatic carbocycles. The molecule has 0 bridgehead atoms. The number of methoxy groups -OCH3 is 1. The minimum Gasteiger partial charge on any atom is -0.477 e. The molecule has 1 aliphatic rings. The second-order valence-corrected chi connectivity index (χ2v) is 6.80. The van der Waals surface area contributed by atoms with E-state index in [2.05, 4.69) is 4.99 Å². The average Bonchev–Trinajstić information content (AvgIpc) is 2.64. The van der Waals surface area contributed by atoms with Crippen LogP contribution in [0.15, 0.2) is 22.6 Å². The Balaban J connectivity index is 3.09. The molecular formula is C13H10ClF3N6O7S. The van der Waals surface area contributed by atoms with Gasteiger partial charge in [-0.3, -0.25) is 35.2 Å². The van der Waals surface area contributed by atoms with Gasteiger partial charge in [-0.15, -0.1) is 11.8 Å². The van der Waals surface area contributed by atoms with E-state index in [0.29, 0.717) is 4.90 Å². The number of aliphatic imine (C=N–C) groups is 1. The molecule has 18 heteroatoms. The van der Waals surface area contributed by atoms with Crippen molar-refractivity contribution in [1.29, 1.82) is 0 Å². The Hall–Kier alpha value is -3.34. The van der Waals surface area contributed by atoms with Crippen molar-refractivity contribution in [3.8, 4) is 0 Å². The van der Waals surface area contributed by atoms with Gasteiger partial charge in [-0.05, 0) is 6.26 Å². The van der Waals surface area contributed by atoms with E-state index in [1.807, 2.05) is 0 Å². The van der Waals surface area contributed by atoms with E-state index in [1.54, 1.807) is 0 Å². The van der Waals surface area contributed by atoms with Crippen LogP contribution >= 0.6 is 23.4 Å². The zero-order valence-corrected chi connectivity index (χ0v) is 16.8. The minimum absolute atomic E-state index is 0.0111. The molecule has 31 heavy (non-hydrogen) atoms. The molecule has 1 atom stereocenters. The molecule has 0 radical (unpaired) electrons. The maximum absolute atomic E-state index is 13.3. The number of nitrogens with two attached hydrogens (primary N) is 1. The van der Waals surface area contributed by atoms with Crippen molar-refractivity contribution < 1.29 is 32.7 Å². The fourth-order valence-electron chi connectivity index (χ4n) is 2.67. The highest BCUT2D eigenvalue weighted by atomic mass is 35.5. The van der Waals surface area contributed by atoms with Crippen LogP contribution in [-0.4, -0.2) is 39.5 Å². The zero-order valence-electron chi connectivity index (χ0n) is 15.2. The summed E-state index contributed by atoms with van der Waals surface area (Å²) in [6.45, 7) is 0. The predicted molar refractivity (Wildman–Crippen MR) is 102 cm³/mol. The maximum atomic E-state index is 13.3. The van der Waals surface area contributed by atoms with Crippen molar-refractivity contribution >= 4 is 46.3 Å². The normalized spacial score (nSPS) is 16.8. The summed E-state index contributed by atoms with van der Waals surface area (Å²) in [5.74, 6) is -1.49. The Labute approximate surface area is 178 Å². The number of halogens is 4. The third kappa shape index (κ3) is 4.13. The lowest BCUT2D eigenvalue weighted by Crippen LogP contribution is -2.42. The zero-order chi connectivity index (χ0) is 23.8. The van der Waals surface area contributed by atoms with Gasteiger partial charge in [-0.2, -0.15) is 13.2 Å². The summed E-state index contributed by atoms with van der Waals surface area (Å²) in [6.07, 6.45) is -3.91. The highest BCUT2D eigenvalue weighted by Gasteiger charge is 2.48. The van der Waals surface area contributed by atoms with Crippen LogP contribution < -0.4 is 10.6 Å². The van der Waals surface area contributed by atoms with E-state index in [4.69, 9.17) is 22.1 Å². The first-order valence-electron chi connectivity index (χ1n) is 7.58. The lowest BCUT2D eigenvalue weighted by Gasteiger charge is -2.32. The van der Waals surface area contributed by atoms with E-state index < -0.39 is 71.5 Å². The molecule has 0 fully saturated rings. The minimum atomic E-state index is -5.28. The van der Waals surface area contributed by atoms with Crippen molar-refractivity contribution in [3.05, 3.63) is 58.6 Å². The SMILES string of the molecule is COC1=C([N+](=O)[O-])C(N)=NC(SC)N1c1c([N+](=O)[O-])cc(C(F)(F)F)c(Cl)c1[N+](=O)[O-]. The van der Waals surface area contributed by atoms with Gasteiger partial charge in [-0.1, -0.05) is 11.6 Å². The van der Waals surface area contributed by atoms with E-state index in [1.165, 1.54) is 6.26 Å². The molecule has 0 spiro atoms. The lowest BCUT2D eigenvalue weighted by molar-refractivity contribution is -0.418. The number of nitrogens with zero attached hydrogens (tertiary/aromatic N) is 5. The molecule has 168 valence electrons. The van der Waals surface area contributed by atoms with Gasteiger partial charge in [-0.25, -0.2) is 4.99 Å². The third-order valence-electron chi connectivity index (χ3n) is 3.84. The van der Waals surface area contributed by atoms with Crippen molar-refractivity contribution in [1.82, 2.24) is 0 Å². The number of nitro groups is 3. The number of alkyl halides is 3. The van der Waals surface area contributed by atoms with Crippen molar-refractivity contribution in [2.45, 2.75) is 11.7 Å². The second-order valence-electron chi connectivity index (χ2n) is 5.53. The fourth-order valence-corrected chi connectivity index (χ4v) is 3.62. The molecule has 0 aromatic heterocycles. The Morgan fingerprint density at radius 1 is 1.23 bits per heavy atom. The molecule has 0 aliphatic carbocycles. The molecule has 0 saturated carbocycles.